The van der Waals surface area contributed by atoms with Gasteiger partial charge in [0.1, 0.15) is 0 Å². The number of hydrogen-bond donors (Lipinski definition) is 1. The lowest BCUT2D eigenvalue weighted by Gasteiger charge is -2.28. The minimum absolute atomic E-state index is 0.106. The second kappa shape index (κ2) is 8.55. The second-order valence-corrected chi connectivity index (χ2v) is 10.1. The van der Waals surface area contributed by atoms with E-state index in [9.17, 15) is 9.59 Å². The molecule has 9 heteroatoms. The number of aromatic nitrogens is 3. The van der Waals surface area contributed by atoms with Gasteiger partial charge in [0.05, 0.1) is 17.6 Å². The van der Waals surface area contributed by atoms with Crippen LogP contribution in [-0.4, -0.2) is 44.1 Å². The quantitative estimate of drug-likeness (QED) is 0.594. The Hall–Kier alpha value is -2.52. The maximum Gasteiger partial charge on any atom is 0.272 e. The zero-order valence-corrected chi connectivity index (χ0v) is 19.1. The molecule has 3 aromatic rings. The minimum atomic E-state index is -0.112. The number of nitrogens with one attached hydrogen (secondary N) is 1. The van der Waals surface area contributed by atoms with E-state index in [4.69, 9.17) is 5.10 Å². The number of thiazole rings is 1. The largest absolute Gasteiger partial charge is 0.348 e. The van der Waals surface area contributed by atoms with Crippen molar-refractivity contribution in [1.82, 2.24) is 25.0 Å². The SMILES string of the molecule is Cc1ncsc1CCn1nc(C(=O)NC2CC2)c2c1CCN(C(=O)Cc1cccs1)C2. The van der Waals surface area contributed by atoms with Gasteiger partial charge < -0.3 is 10.2 Å². The summed E-state index contributed by atoms with van der Waals surface area (Å²) in [5.41, 5.74) is 5.40. The molecule has 1 fully saturated rings. The lowest BCUT2D eigenvalue weighted by Crippen LogP contribution is -2.38. The molecule has 0 saturated heterocycles. The molecule has 1 aliphatic carbocycles. The third kappa shape index (κ3) is 4.43. The monoisotopic (exact) mass is 455 g/mol. The lowest BCUT2D eigenvalue weighted by atomic mass is 10.0. The van der Waals surface area contributed by atoms with E-state index in [1.807, 2.05) is 39.5 Å². The standard InChI is InChI=1S/C22H25N5O2S2/c1-14-19(31-13-23-14)7-9-27-18-6-8-26(20(28)11-16-3-2-10-30-16)12-17(18)21(25-27)22(29)24-15-4-5-15/h2-3,10,13,15H,4-9,11-12H2,1H3,(H,24,29). The van der Waals surface area contributed by atoms with Crippen LogP contribution < -0.4 is 5.32 Å². The molecular weight excluding hydrogens is 430 g/mol. The van der Waals surface area contributed by atoms with Gasteiger partial charge in [-0.15, -0.1) is 22.7 Å². The topological polar surface area (TPSA) is 80.1 Å². The molecule has 5 rings (SSSR count). The summed E-state index contributed by atoms with van der Waals surface area (Å²) in [5.74, 6) is -0.00582. The highest BCUT2D eigenvalue weighted by atomic mass is 32.1. The van der Waals surface area contributed by atoms with E-state index < -0.39 is 0 Å². The van der Waals surface area contributed by atoms with Crippen molar-refractivity contribution in [1.29, 1.82) is 0 Å². The fraction of sp³-hybridized carbons (Fsp3) is 0.455. The Morgan fingerprint density at radius 3 is 2.87 bits per heavy atom. The van der Waals surface area contributed by atoms with Gasteiger partial charge in [-0.2, -0.15) is 5.10 Å². The first-order valence-electron chi connectivity index (χ1n) is 10.7. The molecular formula is C22H25N5O2S2. The van der Waals surface area contributed by atoms with Crippen LogP contribution in [0.4, 0.5) is 0 Å². The predicted octanol–water partition coefficient (Wildman–Crippen LogP) is 2.97. The summed E-state index contributed by atoms with van der Waals surface area (Å²) >= 11 is 3.26. The van der Waals surface area contributed by atoms with Crippen LogP contribution in [0.5, 0.6) is 0 Å². The highest BCUT2D eigenvalue weighted by Crippen LogP contribution is 2.26. The number of rotatable bonds is 7. The molecule has 1 N–H and O–H groups in total. The molecule has 162 valence electrons. The van der Waals surface area contributed by atoms with E-state index in [1.54, 1.807) is 22.7 Å². The van der Waals surface area contributed by atoms with Crippen LogP contribution in [0.1, 0.15) is 50.0 Å². The number of nitrogens with zero attached hydrogens (tertiary/aromatic N) is 4. The van der Waals surface area contributed by atoms with Crippen LogP contribution >= 0.6 is 22.7 Å². The molecule has 3 aromatic heterocycles. The average Bonchev–Trinajstić information content (AvgIpc) is 3.14. The number of hydrogen-bond acceptors (Lipinski definition) is 6. The first-order chi connectivity index (χ1) is 15.1. The van der Waals surface area contributed by atoms with Crippen molar-refractivity contribution in [3.63, 3.8) is 0 Å². The molecule has 0 unspecified atom stereocenters. The Bertz CT molecular complexity index is 1100. The average molecular weight is 456 g/mol. The summed E-state index contributed by atoms with van der Waals surface area (Å²) in [6.45, 7) is 3.85. The molecule has 0 aromatic carbocycles. The number of fused-ring (bicyclic) bond motifs is 1. The third-order valence-electron chi connectivity index (χ3n) is 5.92. The first-order valence-corrected chi connectivity index (χ1v) is 12.4. The van der Waals surface area contributed by atoms with E-state index in [1.165, 1.54) is 4.88 Å². The van der Waals surface area contributed by atoms with Gasteiger partial charge in [-0.3, -0.25) is 14.3 Å². The van der Waals surface area contributed by atoms with Crippen molar-refractivity contribution >= 4 is 34.5 Å². The van der Waals surface area contributed by atoms with E-state index in [0.717, 1.165) is 47.5 Å². The maximum atomic E-state index is 12.9. The molecule has 0 spiro atoms. The normalized spacial score (nSPS) is 15.7. The van der Waals surface area contributed by atoms with Gasteiger partial charge in [0.2, 0.25) is 5.91 Å². The van der Waals surface area contributed by atoms with Crippen molar-refractivity contribution in [2.24, 2.45) is 0 Å². The first kappa shape index (κ1) is 20.4. The van der Waals surface area contributed by atoms with Crippen molar-refractivity contribution in [3.05, 3.63) is 55.4 Å². The minimum Gasteiger partial charge on any atom is -0.348 e. The van der Waals surface area contributed by atoms with Crippen LogP contribution in [0, 0.1) is 6.92 Å². The van der Waals surface area contributed by atoms with Crippen LogP contribution in [0.3, 0.4) is 0 Å². The highest BCUT2D eigenvalue weighted by molar-refractivity contribution is 7.10. The maximum absolute atomic E-state index is 12.9. The molecule has 0 bridgehead atoms. The molecule has 0 radical (unpaired) electrons. The summed E-state index contributed by atoms with van der Waals surface area (Å²) < 4.78 is 1.98. The number of carbonyl (C=O) groups is 2. The van der Waals surface area contributed by atoms with Crippen LogP contribution in [0.25, 0.3) is 0 Å². The number of thiophene rings is 1. The summed E-state index contributed by atoms with van der Waals surface area (Å²) in [6, 6.07) is 4.23. The van der Waals surface area contributed by atoms with Gasteiger partial charge in [0.15, 0.2) is 5.69 Å². The molecule has 31 heavy (non-hydrogen) atoms. The zero-order chi connectivity index (χ0) is 21.4. The molecule has 4 heterocycles. The molecule has 1 aliphatic heterocycles. The fourth-order valence-electron chi connectivity index (χ4n) is 4.00. The molecule has 2 amide bonds. The van der Waals surface area contributed by atoms with Crippen molar-refractivity contribution in [2.45, 2.75) is 58.2 Å². The Morgan fingerprint density at radius 1 is 1.29 bits per heavy atom. The summed E-state index contributed by atoms with van der Waals surface area (Å²) in [5, 5.41) is 9.78. The highest BCUT2D eigenvalue weighted by Gasteiger charge is 2.32. The van der Waals surface area contributed by atoms with Crippen LogP contribution in [0.2, 0.25) is 0 Å². The van der Waals surface area contributed by atoms with Gasteiger partial charge in [-0.1, -0.05) is 6.07 Å². The van der Waals surface area contributed by atoms with Gasteiger partial charge in [-0.05, 0) is 31.2 Å². The van der Waals surface area contributed by atoms with Crippen LogP contribution in [0.15, 0.2) is 23.0 Å². The Balaban J connectivity index is 1.37. The predicted molar refractivity (Wildman–Crippen MR) is 120 cm³/mol. The summed E-state index contributed by atoms with van der Waals surface area (Å²) in [7, 11) is 0. The Kier molecular flexibility index (Phi) is 5.62. The Labute approximate surface area is 189 Å². The smallest absolute Gasteiger partial charge is 0.272 e. The van der Waals surface area contributed by atoms with Crippen molar-refractivity contribution in [2.75, 3.05) is 6.54 Å². The number of carbonyl (C=O) groups excluding carboxylic acids is 2. The number of aryl methyl sites for hydroxylation is 3. The van der Waals surface area contributed by atoms with E-state index in [-0.39, 0.29) is 17.9 Å². The molecule has 7 nitrogen and oxygen atoms in total. The fourth-order valence-corrected chi connectivity index (χ4v) is 5.47. The Morgan fingerprint density at radius 2 is 2.16 bits per heavy atom. The van der Waals surface area contributed by atoms with E-state index >= 15 is 0 Å². The van der Waals surface area contributed by atoms with Gasteiger partial charge >= 0.3 is 0 Å². The summed E-state index contributed by atoms with van der Waals surface area (Å²) in [6.07, 6.45) is 4.04. The lowest BCUT2D eigenvalue weighted by molar-refractivity contribution is -0.131. The van der Waals surface area contributed by atoms with Gasteiger partial charge in [-0.25, -0.2) is 4.98 Å². The van der Waals surface area contributed by atoms with Crippen molar-refractivity contribution in [3.8, 4) is 0 Å². The van der Waals surface area contributed by atoms with E-state index in [0.29, 0.717) is 31.7 Å². The van der Waals surface area contributed by atoms with Gasteiger partial charge in [0.25, 0.3) is 5.91 Å². The third-order valence-corrected chi connectivity index (χ3v) is 7.79. The molecule has 0 atom stereocenters. The van der Waals surface area contributed by atoms with Gasteiger partial charge in [0, 0.05) is 59.5 Å². The zero-order valence-electron chi connectivity index (χ0n) is 17.5. The summed E-state index contributed by atoms with van der Waals surface area (Å²) in [4.78, 5) is 34.3. The van der Waals surface area contributed by atoms with Crippen molar-refractivity contribution < 1.29 is 9.59 Å². The molecule has 1 saturated carbocycles. The van der Waals surface area contributed by atoms with Crippen LogP contribution in [-0.2, 0) is 37.1 Å². The second-order valence-electron chi connectivity index (χ2n) is 8.18. The number of amides is 2. The molecule has 2 aliphatic rings. The van der Waals surface area contributed by atoms with E-state index in [2.05, 4.69) is 10.3 Å².